The Hall–Kier alpha value is -2.56. The molecule has 0 bridgehead atoms. The maximum Gasteiger partial charge on any atom is 0.224 e. The molecule has 27 heavy (non-hydrogen) atoms. The van der Waals surface area contributed by atoms with E-state index in [1.54, 1.807) is 6.07 Å². The van der Waals surface area contributed by atoms with E-state index >= 15 is 0 Å². The van der Waals surface area contributed by atoms with Crippen LogP contribution in [0.4, 0.5) is 0 Å². The average Bonchev–Trinajstić information content (AvgIpc) is 3.16. The zero-order valence-corrected chi connectivity index (χ0v) is 15.9. The molecule has 5 heteroatoms. The number of hydrogen-bond acceptors (Lipinski definition) is 3. The molecule has 0 spiro atoms. The molecule has 1 saturated carbocycles. The summed E-state index contributed by atoms with van der Waals surface area (Å²) >= 11 is 0. The number of carbonyl (C=O) groups is 1. The molecule has 1 heterocycles. The highest BCUT2D eigenvalue weighted by Gasteiger charge is 2.15. The van der Waals surface area contributed by atoms with Gasteiger partial charge in [-0.1, -0.05) is 25.7 Å². The van der Waals surface area contributed by atoms with Crippen molar-refractivity contribution in [2.75, 3.05) is 13.2 Å². The van der Waals surface area contributed by atoms with Crippen molar-refractivity contribution in [3.05, 3.63) is 53.4 Å². The highest BCUT2D eigenvalue weighted by atomic mass is 16.5. The Morgan fingerprint density at radius 3 is 2.59 bits per heavy atom. The van der Waals surface area contributed by atoms with Crippen LogP contribution in [0.2, 0.25) is 0 Å². The Bertz CT molecular complexity index is 753. The van der Waals surface area contributed by atoms with Crippen molar-refractivity contribution in [2.24, 2.45) is 5.92 Å². The second-order valence-electron chi connectivity index (χ2n) is 7.17. The molecule has 1 aromatic heterocycles. The molecule has 0 aliphatic heterocycles. The largest absolute Gasteiger partial charge is 0.618 e. The van der Waals surface area contributed by atoms with Crippen molar-refractivity contribution in [3.8, 4) is 17.0 Å². The van der Waals surface area contributed by atoms with Crippen LogP contribution in [-0.2, 0) is 11.2 Å². The summed E-state index contributed by atoms with van der Waals surface area (Å²) in [5, 5.41) is 15.4. The lowest BCUT2D eigenvalue weighted by Gasteiger charge is -2.10. The van der Waals surface area contributed by atoms with Gasteiger partial charge in [-0.25, -0.2) is 0 Å². The predicted molar refractivity (Wildman–Crippen MR) is 105 cm³/mol. The molecule has 1 aliphatic carbocycles. The molecule has 1 fully saturated rings. The summed E-state index contributed by atoms with van der Waals surface area (Å²) in [6, 6.07) is 11.0. The Morgan fingerprint density at radius 2 is 1.93 bits per heavy atom. The van der Waals surface area contributed by atoms with E-state index in [0.29, 0.717) is 12.3 Å². The van der Waals surface area contributed by atoms with Crippen LogP contribution in [0.1, 0.15) is 44.6 Å². The molecule has 3 rings (SSSR count). The lowest BCUT2D eigenvalue weighted by molar-refractivity contribution is -0.594. The fourth-order valence-electron chi connectivity index (χ4n) is 3.70. The van der Waals surface area contributed by atoms with Gasteiger partial charge in [-0.2, -0.15) is 4.73 Å². The van der Waals surface area contributed by atoms with E-state index < -0.39 is 0 Å². The molecule has 0 unspecified atom stereocenters. The SMILES string of the molecule is CCOc1ccc(-c2ccc(CC(=O)NCCC3CCCC3)c[n+]2[O-])cc1. The molecule has 1 aromatic carbocycles. The first-order valence-electron chi connectivity index (χ1n) is 9.87. The molecule has 0 atom stereocenters. The van der Waals surface area contributed by atoms with E-state index in [-0.39, 0.29) is 12.3 Å². The predicted octanol–water partition coefficient (Wildman–Crippen LogP) is 3.62. The van der Waals surface area contributed by atoms with Gasteiger partial charge in [0.15, 0.2) is 6.20 Å². The van der Waals surface area contributed by atoms with E-state index in [4.69, 9.17) is 4.74 Å². The maximum atomic E-state index is 12.4. The van der Waals surface area contributed by atoms with Gasteiger partial charge in [0, 0.05) is 23.7 Å². The van der Waals surface area contributed by atoms with Crippen LogP contribution >= 0.6 is 0 Å². The Morgan fingerprint density at radius 1 is 1.19 bits per heavy atom. The normalized spacial score (nSPS) is 14.3. The van der Waals surface area contributed by atoms with E-state index in [0.717, 1.165) is 40.5 Å². The van der Waals surface area contributed by atoms with Crippen molar-refractivity contribution < 1.29 is 14.3 Å². The fourth-order valence-corrected chi connectivity index (χ4v) is 3.70. The van der Waals surface area contributed by atoms with Crippen LogP contribution in [0.5, 0.6) is 5.75 Å². The fraction of sp³-hybridized carbons (Fsp3) is 0.455. The van der Waals surface area contributed by atoms with Gasteiger partial charge >= 0.3 is 0 Å². The number of carbonyl (C=O) groups excluding carboxylic acids is 1. The molecule has 0 saturated heterocycles. The van der Waals surface area contributed by atoms with Crippen LogP contribution in [0.3, 0.4) is 0 Å². The molecule has 1 amide bonds. The quantitative estimate of drug-likeness (QED) is 0.572. The van der Waals surface area contributed by atoms with Crippen molar-refractivity contribution in [3.63, 3.8) is 0 Å². The first kappa shape index (κ1) is 19.2. The Balaban J connectivity index is 1.54. The molecular formula is C22H28N2O3. The van der Waals surface area contributed by atoms with Gasteiger partial charge in [0.2, 0.25) is 11.6 Å². The number of nitrogens with zero attached hydrogens (tertiary/aromatic N) is 1. The van der Waals surface area contributed by atoms with Crippen LogP contribution in [0, 0.1) is 11.1 Å². The van der Waals surface area contributed by atoms with Crippen molar-refractivity contribution in [1.82, 2.24) is 5.32 Å². The minimum atomic E-state index is -0.0261. The zero-order valence-electron chi connectivity index (χ0n) is 15.9. The lowest BCUT2D eigenvalue weighted by atomic mass is 10.0. The molecule has 1 N–H and O–H groups in total. The van der Waals surface area contributed by atoms with E-state index in [1.807, 2.05) is 37.3 Å². The van der Waals surface area contributed by atoms with Gasteiger partial charge in [0.1, 0.15) is 5.75 Å². The van der Waals surface area contributed by atoms with Gasteiger partial charge in [-0.3, -0.25) is 4.79 Å². The topological polar surface area (TPSA) is 65.3 Å². The second-order valence-corrected chi connectivity index (χ2v) is 7.17. The highest BCUT2D eigenvalue weighted by molar-refractivity contribution is 5.78. The van der Waals surface area contributed by atoms with E-state index in [2.05, 4.69) is 5.32 Å². The standard InChI is InChI=1S/C22H28N2O3/c1-2-27-20-10-8-19(9-11-20)21-12-7-18(16-24(21)26)15-22(25)23-14-13-17-5-3-4-6-17/h7-12,16-17H,2-6,13-15H2,1H3,(H,23,25). The number of nitrogens with one attached hydrogen (secondary N) is 1. The Kier molecular flexibility index (Phi) is 6.69. The number of rotatable bonds is 8. The first-order chi connectivity index (χ1) is 13.2. The van der Waals surface area contributed by atoms with Gasteiger partial charge in [-0.15, -0.1) is 0 Å². The minimum absolute atomic E-state index is 0.0261. The summed E-state index contributed by atoms with van der Waals surface area (Å²) in [6.45, 7) is 3.27. The molecule has 144 valence electrons. The van der Waals surface area contributed by atoms with Gasteiger partial charge in [0.25, 0.3) is 0 Å². The summed E-state index contributed by atoms with van der Waals surface area (Å²) in [6.07, 6.45) is 8.01. The smallest absolute Gasteiger partial charge is 0.224 e. The minimum Gasteiger partial charge on any atom is -0.618 e. The number of ether oxygens (including phenoxy) is 1. The molecule has 5 nitrogen and oxygen atoms in total. The van der Waals surface area contributed by atoms with Crippen molar-refractivity contribution in [1.29, 1.82) is 0 Å². The van der Waals surface area contributed by atoms with Crippen LogP contribution < -0.4 is 14.8 Å². The van der Waals surface area contributed by atoms with Gasteiger partial charge < -0.3 is 15.3 Å². The van der Waals surface area contributed by atoms with Crippen LogP contribution in [-0.4, -0.2) is 19.1 Å². The molecule has 2 aromatic rings. The third-order valence-corrected chi connectivity index (χ3v) is 5.15. The number of benzene rings is 1. The monoisotopic (exact) mass is 368 g/mol. The number of hydrogen-bond donors (Lipinski definition) is 1. The summed E-state index contributed by atoms with van der Waals surface area (Å²) in [5.41, 5.74) is 2.10. The summed E-state index contributed by atoms with van der Waals surface area (Å²) in [4.78, 5) is 12.1. The highest BCUT2D eigenvalue weighted by Crippen LogP contribution is 2.26. The summed E-state index contributed by atoms with van der Waals surface area (Å²) in [5.74, 6) is 1.52. The molecular weight excluding hydrogens is 340 g/mol. The number of pyridine rings is 1. The van der Waals surface area contributed by atoms with Gasteiger partial charge in [0.05, 0.1) is 13.0 Å². The zero-order chi connectivity index (χ0) is 19.1. The third-order valence-electron chi connectivity index (χ3n) is 5.15. The summed E-state index contributed by atoms with van der Waals surface area (Å²) in [7, 11) is 0. The van der Waals surface area contributed by atoms with Crippen molar-refractivity contribution >= 4 is 5.91 Å². The first-order valence-corrected chi connectivity index (χ1v) is 9.87. The number of amides is 1. The summed E-state index contributed by atoms with van der Waals surface area (Å²) < 4.78 is 6.26. The van der Waals surface area contributed by atoms with Crippen LogP contribution in [0.25, 0.3) is 11.3 Å². The van der Waals surface area contributed by atoms with E-state index in [1.165, 1.54) is 31.9 Å². The third kappa shape index (κ3) is 5.46. The lowest BCUT2D eigenvalue weighted by Crippen LogP contribution is -2.31. The van der Waals surface area contributed by atoms with E-state index in [9.17, 15) is 10.0 Å². The average molecular weight is 368 g/mol. The number of aromatic nitrogens is 1. The van der Waals surface area contributed by atoms with Crippen LogP contribution in [0.15, 0.2) is 42.6 Å². The van der Waals surface area contributed by atoms with Gasteiger partial charge in [-0.05, 0) is 49.6 Å². The van der Waals surface area contributed by atoms with Crippen molar-refractivity contribution in [2.45, 2.75) is 45.4 Å². The second kappa shape index (κ2) is 9.40. The maximum absolute atomic E-state index is 12.4. The Labute approximate surface area is 160 Å². The molecule has 1 aliphatic rings. The molecule has 0 radical (unpaired) electrons.